The first kappa shape index (κ1) is 10.7. The minimum atomic E-state index is 0.849. The van der Waals surface area contributed by atoms with Crippen LogP contribution in [0.25, 0.3) is 0 Å². The Balaban J connectivity index is 0.000000461. The number of rotatable bonds is 1. The van der Waals surface area contributed by atoms with Crippen molar-refractivity contribution in [1.29, 1.82) is 0 Å². The van der Waals surface area contributed by atoms with Gasteiger partial charge < -0.3 is 0 Å². The highest BCUT2D eigenvalue weighted by molar-refractivity contribution is 4.93. The van der Waals surface area contributed by atoms with Gasteiger partial charge in [0.15, 0.2) is 0 Å². The Kier molecular flexibility index (Phi) is 6.18. The highest BCUT2D eigenvalue weighted by Crippen LogP contribution is 2.23. The lowest BCUT2D eigenvalue weighted by atomic mass is 9.87. The first-order valence-electron chi connectivity index (χ1n) is 4.17. The fourth-order valence-corrected chi connectivity index (χ4v) is 1.39. The molecule has 2 N–H and O–H groups in total. The first-order valence-corrected chi connectivity index (χ1v) is 4.17. The zero-order valence-corrected chi connectivity index (χ0v) is 7.33. The van der Waals surface area contributed by atoms with Crippen LogP contribution in [0.3, 0.4) is 0 Å². The Labute approximate surface area is 68.5 Å². The fraction of sp³-hybridized carbons (Fsp3) is 0.778. The minimum absolute atomic E-state index is 0.849. The van der Waals surface area contributed by atoms with Crippen molar-refractivity contribution in [1.82, 2.24) is 0 Å². The van der Waals surface area contributed by atoms with Gasteiger partial charge in [-0.15, -0.1) is 0 Å². The molecule has 0 fully saturated rings. The summed E-state index contributed by atoms with van der Waals surface area (Å²) in [5.41, 5.74) is 0. The summed E-state index contributed by atoms with van der Waals surface area (Å²) < 4.78 is 0. The second-order valence-electron chi connectivity index (χ2n) is 3.27. The lowest BCUT2D eigenvalue weighted by Gasteiger charge is -2.19. The van der Waals surface area contributed by atoms with Gasteiger partial charge >= 0.3 is 0 Å². The monoisotopic (exact) mass is 158 g/mol. The first-order chi connectivity index (χ1) is 5.30. The summed E-state index contributed by atoms with van der Waals surface area (Å²) in [7, 11) is 0. The highest BCUT2D eigenvalue weighted by Gasteiger charge is 2.10. The average Bonchev–Trinajstić information content (AvgIpc) is 2.10. The van der Waals surface area contributed by atoms with Crippen molar-refractivity contribution < 1.29 is 10.5 Å². The van der Waals surface area contributed by atoms with E-state index in [0.29, 0.717) is 0 Å². The largest absolute Gasteiger partial charge is 0.255 e. The molecule has 11 heavy (non-hydrogen) atoms. The zero-order valence-electron chi connectivity index (χ0n) is 7.33. The molecule has 0 bridgehead atoms. The smallest absolute Gasteiger partial charge is 0.0210 e. The Morgan fingerprint density at radius 2 is 2.00 bits per heavy atom. The van der Waals surface area contributed by atoms with Crippen LogP contribution in [0.15, 0.2) is 12.2 Å². The van der Waals surface area contributed by atoms with E-state index in [2.05, 4.69) is 26.0 Å². The predicted molar refractivity (Wildman–Crippen MR) is 46.6 cm³/mol. The van der Waals surface area contributed by atoms with Gasteiger partial charge in [0, 0.05) is 0 Å². The average molecular weight is 158 g/mol. The molecule has 66 valence electrons. The van der Waals surface area contributed by atoms with Gasteiger partial charge in [-0.2, -0.15) is 0 Å². The third-order valence-corrected chi connectivity index (χ3v) is 2.15. The Bertz CT molecular complexity index is 108. The molecule has 0 heterocycles. The molecular formula is C9H18O2. The zero-order chi connectivity index (χ0) is 8.69. The molecule has 0 aromatic heterocycles. The van der Waals surface area contributed by atoms with E-state index in [0.717, 1.165) is 11.8 Å². The third-order valence-electron chi connectivity index (χ3n) is 2.15. The van der Waals surface area contributed by atoms with Gasteiger partial charge in [-0.05, 0) is 31.1 Å². The van der Waals surface area contributed by atoms with E-state index in [9.17, 15) is 0 Å². The highest BCUT2D eigenvalue weighted by atomic mass is 17.0. The molecule has 1 atom stereocenters. The summed E-state index contributed by atoms with van der Waals surface area (Å²) in [6.45, 7) is 4.61. The number of hydrogen-bond donors (Lipinski definition) is 2. The molecule has 1 rings (SSSR count). The molecule has 0 saturated carbocycles. The van der Waals surface area contributed by atoms with Crippen molar-refractivity contribution in [3.8, 4) is 0 Å². The second kappa shape index (κ2) is 6.38. The minimum Gasteiger partial charge on any atom is -0.255 e. The van der Waals surface area contributed by atoms with Crippen molar-refractivity contribution >= 4 is 0 Å². The fourth-order valence-electron chi connectivity index (χ4n) is 1.39. The third kappa shape index (κ3) is 4.17. The van der Waals surface area contributed by atoms with Crippen LogP contribution in [0.2, 0.25) is 0 Å². The van der Waals surface area contributed by atoms with Crippen LogP contribution >= 0.6 is 0 Å². The van der Waals surface area contributed by atoms with E-state index in [1.807, 2.05) is 0 Å². The Morgan fingerprint density at radius 1 is 1.36 bits per heavy atom. The van der Waals surface area contributed by atoms with Gasteiger partial charge in [0.2, 0.25) is 0 Å². The quantitative estimate of drug-likeness (QED) is 0.350. The molecule has 0 aromatic carbocycles. The second-order valence-corrected chi connectivity index (χ2v) is 3.27. The van der Waals surface area contributed by atoms with Gasteiger partial charge in [-0.1, -0.05) is 26.0 Å². The summed E-state index contributed by atoms with van der Waals surface area (Å²) in [4.78, 5) is 0. The standard InChI is InChI=1S/C9H16.H2O2/c1-8(2)9-6-4-3-5-7-9;1-2/h4,6,8-9H,3,5,7H2,1-2H3;1-2H. The van der Waals surface area contributed by atoms with Crippen LogP contribution in [-0.4, -0.2) is 10.5 Å². The Morgan fingerprint density at radius 3 is 2.27 bits per heavy atom. The molecule has 0 radical (unpaired) electrons. The van der Waals surface area contributed by atoms with Gasteiger partial charge in [-0.25, -0.2) is 0 Å². The molecule has 0 spiro atoms. The van der Waals surface area contributed by atoms with Crippen molar-refractivity contribution in [2.24, 2.45) is 11.8 Å². The SMILES string of the molecule is CC(C)C1C=CCCC1.OO. The number of allylic oxidation sites excluding steroid dienone is 2. The van der Waals surface area contributed by atoms with Crippen molar-refractivity contribution in [2.75, 3.05) is 0 Å². The van der Waals surface area contributed by atoms with Crippen LogP contribution in [-0.2, 0) is 0 Å². The van der Waals surface area contributed by atoms with Crippen molar-refractivity contribution in [3.05, 3.63) is 12.2 Å². The van der Waals surface area contributed by atoms with E-state index < -0.39 is 0 Å². The van der Waals surface area contributed by atoms with Crippen molar-refractivity contribution in [2.45, 2.75) is 33.1 Å². The van der Waals surface area contributed by atoms with Crippen molar-refractivity contribution in [3.63, 3.8) is 0 Å². The molecule has 0 aromatic rings. The summed E-state index contributed by atoms with van der Waals surface area (Å²) >= 11 is 0. The molecule has 2 heteroatoms. The maximum atomic E-state index is 6.00. The van der Waals surface area contributed by atoms with E-state index >= 15 is 0 Å². The molecule has 1 aliphatic rings. The molecule has 0 aliphatic heterocycles. The molecule has 1 unspecified atom stereocenters. The molecule has 0 amide bonds. The van der Waals surface area contributed by atoms with Crippen LogP contribution in [0.1, 0.15) is 33.1 Å². The van der Waals surface area contributed by atoms with E-state index in [1.165, 1.54) is 19.3 Å². The van der Waals surface area contributed by atoms with Gasteiger partial charge in [0.1, 0.15) is 0 Å². The van der Waals surface area contributed by atoms with Crippen LogP contribution in [0, 0.1) is 11.8 Å². The predicted octanol–water partition coefficient (Wildman–Crippen LogP) is 3.02. The van der Waals surface area contributed by atoms with Crippen LogP contribution in [0.4, 0.5) is 0 Å². The molecular weight excluding hydrogens is 140 g/mol. The topological polar surface area (TPSA) is 40.5 Å². The maximum Gasteiger partial charge on any atom is -0.0210 e. The molecule has 2 nitrogen and oxygen atoms in total. The summed E-state index contributed by atoms with van der Waals surface area (Å²) in [6, 6.07) is 0. The maximum absolute atomic E-state index is 6.00. The normalized spacial score (nSPS) is 22.8. The van der Waals surface area contributed by atoms with Crippen LogP contribution < -0.4 is 0 Å². The summed E-state index contributed by atoms with van der Waals surface area (Å²) in [6.07, 6.45) is 8.83. The van der Waals surface area contributed by atoms with E-state index in [-0.39, 0.29) is 0 Å². The van der Waals surface area contributed by atoms with Crippen LogP contribution in [0.5, 0.6) is 0 Å². The van der Waals surface area contributed by atoms with Gasteiger partial charge in [-0.3, -0.25) is 10.5 Å². The molecule has 1 aliphatic carbocycles. The molecule has 0 saturated heterocycles. The lowest BCUT2D eigenvalue weighted by molar-refractivity contribution is -0.176. The van der Waals surface area contributed by atoms with Gasteiger partial charge in [0.25, 0.3) is 0 Å². The van der Waals surface area contributed by atoms with E-state index in [1.54, 1.807) is 0 Å². The lowest BCUT2D eigenvalue weighted by Crippen LogP contribution is -2.07. The van der Waals surface area contributed by atoms with E-state index in [4.69, 9.17) is 10.5 Å². The number of hydrogen-bond acceptors (Lipinski definition) is 2. The Hall–Kier alpha value is -0.340. The van der Waals surface area contributed by atoms with Gasteiger partial charge in [0.05, 0.1) is 0 Å². The summed E-state index contributed by atoms with van der Waals surface area (Å²) in [5, 5.41) is 12.0. The summed E-state index contributed by atoms with van der Waals surface area (Å²) in [5.74, 6) is 1.72.